The highest BCUT2D eigenvalue weighted by Crippen LogP contribution is 2.20. The van der Waals surface area contributed by atoms with E-state index < -0.39 is 11.7 Å². The molecule has 2 aromatic rings. The molecule has 3 N–H and O–H groups in total. The number of anilines is 1. The van der Waals surface area contributed by atoms with Crippen LogP contribution in [0.25, 0.3) is 0 Å². The van der Waals surface area contributed by atoms with E-state index in [1.807, 2.05) is 0 Å². The van der Waals surface area contributed by atoms with Crippen LogP contribution >= 0.6 is 11.6 Å². The Hall–Kier alpha value is -1.91. The Morgan fingerprint density at radius 2 is 1.89 bits per heavy atom. The summed E-state index contributed by atoms with van der Waals surface area (Å²) < 4.78 is 13.6. The van der Waals surface area contributed by atoms with Gasteiger partial charge in [-0.1, -0.05) is 29.8 Å². The van der Waals surface area contributed by atoms with E-state index in [4.69, 9.17) is 17.3 Å². The summed E-state index contributed by atoms with van der Waals surface area (Å²) in [5, 5.41) is 2.67. The summed E-state index contributed by atoms with van der Waals surface area (Å²) in [7, 11) is 0. The fourth-order valence-electron chi connectivity index (χ4n) is 1.63. The number of hydrogen-bond acceptors (Lipinski definition) is 2. The van der Waals surface area contributed by atoms with Gasteiger partial charge in [0.05, 0.1) is 10.6 Å². The van der Waals surface area contributed by atoms with Gasteiger partial charge >= 0.3 is 0 Å². The third-order valence-electron chi connectivity index (χ3n) is 2.64. The van der Waals surface area contributed by atoms with Crippen molar-refractivity contribution in [1.29, 1.82) is 0 Å². The average Bonchev–Trinajstić information content (AvgIpc) is 2.39. The summed E-state index contributed by atoms with van der Waals surface area (Å²) in [5.74, 6) is -1.23. The van der Waals surface area contributed by atoms with Gasteiger partial charge in [0.25, 0.3) is 5.91 Å². The number of amides is 1. The maximum absolute atomic E-state index is 13.6. The quantitative estimate of drug-likeness (QED) is 0.906. The molecule has 0 spiro atoms. The number of carbonyl (C=O) groups excluding carboxylic acids is 1. The zero-order chi connectivity index (χ0) is 13.8. The first kappa shape index (κ1) is 13.5. The van der Waals surface area contributed by atoms with E-state index in [0.29, 0.717) is 12.2 Å². The van der Waals surface area contributed by atoms with Crippen LogP contribution in [-0.2, 0) is 6.54 Å². The lowest BCUT2D eigenvalue weighted by Gasteiger charge is -2.08. The van der Waals surface area contributed by atoms with Crippen molar-refractivity contribution in [3.63, 3.8) is 0 Å². The van der Waals surface area contributed by atoms with E-state index in [2.05, 4.69) is 5.32 Å². The zero-order valence-corrected chi connectivity index (χ0v) is 10.7. The lowest BCUT2D eigenvalue weighted by molar-refractivity contribution is 0.102. The lowest BCUT2D eigenvalue weighted by Crippen LogP contribution is -2.14. The van der Waals surface area contributed by atoms with Gasteiger partial charge in [-0.3, -0.25) is 4.79 Å². The fraction of sp³-hybridized carbons (Fsp3) is 0.0714. The molecule has 0 aromatic heterocycles. The molecule has 0 fully saturated rings. The van der Waals surface area contributed by atoms with Gasteiger partial charge in [0, 0.05) is 12.2 Å². The van der Waals surface area contributed by atoms with Crippen LogP contribution < -0.4 is 11.1 Å². The minimum atomic E-state index is -0.649. The summed E-state index contributed by atoms with van der Waals surface area (Å²) in [4.78, 5) is 11.9. The second-order valence-corrected chi connectivity index (χ2v) is 4.36. The Balaban J connectivity index is 2.21. The van der Waals surface area contributed by atoms with Crippen LogP contribution in [0.4, 0.5) is 10.1 Å². The summed E-state index contributed by atoms with van der Waals surface area (Å²) in [6.07, 6.45) is 0. The maximum atomic E-state index is 13.6. The molecular formula is C14H12ClFN2O. The van der Waals surface area contributed by atoms with Gasteiger partial charge < -0.3 is 11.1 Å². The van der Waals surface area contributed by atoms with Crippen molar-refractivity contribution in [2.24, 2.45) is 5.73 Å². The fourth-order valence-corrected chi connectivity index (χ4v) is 1.88. The Kier molecular flexibility index (Phi) is 4.14. The summed E-state index contributed by atoms with van der Waals surface area (Å²) >= 11 is 5.82. The highest BCUT2D eigenvalue weighted by molar-refractivity contribution is 6.34. The topological polar surface area (TPSA) is 55.1 Å². The monoisotopic (exact) mass is 278 g/mol. The third-order valence-corrected chi connectivity index (χ3v) is 2.95. The van der Waals surface area contributed by atoms with Gasteiger partial charge in [-0.05, 0) is 29.8 Å². The lowest BCUT2D eigenvalue weighted by atomic mass is 10.1. The summed E-state index contributed by atoms with van der Waals surface area (Å²) in [6, 6.07) is 11.1. The van der Waals surface area contributed by atoms with E-state index in [1.54, 1.807) is 24.3 Å². The van der Waals surface area contributed by atoms with Crippen LogP contribution in [0, 0.1) is 5.82 Å². The molecule has 0 unspecified atom stereocenters. The number of nitrogens with two attached hydrogens (primary N) is 1. The molecular weight excluding hydrogens is 267 g/mol. The molecule has 2 aromatic carbocycles. The normalized spacial score (nSPS) is 10.3. The SMILES string of the molecule is NCc1ccc(NC(=O)c2c(F)cccc2Cl)cc1. The van der Waals surface area contributed by atoms with E-state index in [1.165, 1.54) is 18.2 Å². The van der Waals surface area contributed by atoms with Crippen molar-refractivity contribution in [3.8, 4) is 0 Å². The van der Waals surface area contributed by atoms with E-state index in [-0.39, 0.29) is 10.6 Å². The number of hydrogen-bond donors (Lipinski definition) is 2. The Morgan fingerprint density at radius 1 is 1.21 bits per heavy atom. The first-order valence-electron chi connectivity index (χ1n) is 5.66. The molecule has 1 amide bonds. The minimum absolute atomic E-state index is 0.0797. The molecule has 0 saturated heterocycles. The number of carbonyl (C=O) groups is 1. The highest BCUT2D eigenvalue weighted by Gasteiger charge is 2.15. The number of nitrogens with one attached hydrogen (secondary N) is 1. The standard InChI is InChI=1S/C14H12ClFN2O/c15-11-2-1-3-12(16)13(11)14(19)18-10-6-4-9(8-17)5-7-10/h1-7H,8,17H2,(H,18,19). The largest absolute Gasteiger partial charge is 0.326 e. The molecule has 0 atom stereocenters. The minimum Gasteiger partial charge on any atom is -0.326 e. The number of benzene rings is 2. The van der Waals surface area contributed by atoms with Gasteiger partial charge in [-0.25, -0.2) is 4.39 Å². The van der Waals surface area contributed by atoms with Crippen molar-refractivity contribution in [3.05, 3.63) is 64.4 Å². The molecule has 0 aliphatic rings. The molecule has 0 heterocycles. The smallest absolute Gasteiger partial charge is 0.260 e. The van der Waals surface area contributed by atoms with Gasteiger partial charge in [0.15, 0.2) is 0 Å². The number of halogens is 2. The Bertz CT molecular complexity index is 579. The van der Waals surface area contributed by atoms with Crippen LogP contribution in [0.3, 0.4) is 0 Å². The molecule has 3 nitrogen and oxygen atoms in total. The van der Waals surface area contributed by atoms with Crippen LogP contribution in [0.15, 0.2) is 42.5 Å². The third kappa shape index (κ3) is 3.10. The van der Waals surface area contributed by atoms with Crippen molar-refractivity contribution < 1.29 is 9.18 Å². The average molecular weight is 279 g/mol. The predicted octanol–water partition coefficient (Wildman–Crippen LogP) is 3.19. The van der Waals surface area contributed by atoms with E-state index in [0.717, 1.165) is 5.56 Å². The van der Waals surface area contributed by atoms with Crippen molar-refractivity contribution in [2.75, 3.05) is 5.32 Å². The van der Waals surface area contributed by atoms with Gasteiger partial charge in [-0.15, -0.1) is 0 Å². The van der Waals surface area contributed by atoms with Crippen LogP contribution in [0.2, 0.25) is 5.02 Å². The van der Waals surface area contributed by atoms with Crippen LogP contribution in [0.5, 0.6) is 0 Å². The maximum Gasteiger partial charge on any atom is 0.260 e. The predicted molar refractivity (Wildman–Crippen MR) is 73.7 cm³/mol. The van der Waals surface area contributed by atoms with E-state index >= 15 is 0 Å². The van der Waals surface area contributed by atoms with Crippen LogP contribution in [0.1, 0.15) is 15.9 Å². The number of rotatable bonds is 3. The molecule has 5 heteroatoms. The Labute approximate surface area is 115 Å². The summed E-state index contributed by atoms with van der Waals surface area (Å²) in [6.45, 7) is 0.424. The molecule has 0 aliphatic carbocycles. The molecule has 0 saturated carbocycles. The van der Waals surface area contributed by atoms with Gasteiger partial charge in [-0.2, -0.15) is 0 Å². The molecule has 2 rings (SSSR count). The highest BCUT2D eigenvalue weighted by atomic mass is 35.5. The van der Waals surface area contributed by atoms with Crippen molar-refractivity contribution in [2.45, 2.75) is 6.54 Å². The second-order valence-electron chi connectivity index (χ2n) is 3.95. The first-order valence-corrected chi connectivity index (χ1v) is 6.04. The van der Waals surface area contributed by atoms with Gasteiger partial charge in [0.1, 0.15) is 5.82 Å². The van der Waals surface area contributed by atoms with Gasteiger partial charge in [0.2, 0.25) is 0 Å². The molecule has 0 bridgehead atoms. The molecule has 0 aliphatic heterocycles. The van der Waals surface area contributed by atoms with Crippen molar-refractivity contribution >= 4 is 23.2 Å². The van der Waals surface area contributed by atoms with Crippen LogP contribution in [-0.4, -0.2) is 5.91 Å². The molecule has 98 valence electrons. The Morgan fingerprint density at radius 3 is 2.47 bits per heavy atom. The summed E-state index contributed by atoms with van der Waals surface area (Å²) in [5.41, 5.74) is 6.82. The zero-order valence-electron chi connectivity index (χ0n) is 9.99. The van der Waals surface area contributed by atoms with Crippen molar-refractivity contribution in [1.82, 2.24) is 0 Å². The molecule has 19 heavy (non-hydrogen) atoms. The second kappa shape index (κ2) is 5.82. The van der Waals surface area contributed by atoms with E-state index in [9.17, 15) is 9.18 Å². The molecule has 0 radical (unpaired) electrons. The first-order chi connectivity index (χ1) is 9.11.